The maximum Gasteiger partial charge on any atom is 0.254 e. The van der Waals surface area contributed by atoms with E-state index in [1.807, 2.05) is 23.1 Å². The summed E-state index contributed by atoms with van der Waals surface area (Å²) in [6.45, 7) is 1.78. The zero-order valence-corrected chi connectivity index (χ0v) is 12.1. The maximum absolute atomic E-state index is 12.2. The minimum absolute atomic E-state index is 0.138. The predicted octanol–water partition coefficient (Wildman–Crippen LogP) is 3.84. The highest BCUT2D eigenvalue weighted by Gasteiger charge is 2.19. The van der Waals surface area contributed by atoms with Gasteiger partial charge in [0.2, 0.25) is 0 Å². The molecule has 0 unspecified atom stereocenters. The Kier molecular flexibility index (Phi) is 4.03. The molecular formula is C12H13Br2NO. The lowest BCUT2D eigenvalue weighted by Gasteiger charge is -2.27. The van der Waals surface area contributed by atoms with Crippen molar-refractivity contribution in [1.29, 1.82) is 0 Å². The molecule has 1 heterocycles. The lowest BCUT2D eigenvalue weighted by molar-refractivity contribution is 0.0723. The van der Waals surface area contributed by atoms with Gasteiger partial charge in [-0.3, -0.25) is 4.79 Å². The van der Waals surface area contributed by atoms with Crippen molar-refractivity contribution in [2.75, 3.05) is 13.1 Å². The molecule has 16 heavy (non-hydrogen) atoms. The maximum atomic E-state index is 12.2. The highest BCUT2D eigenvalue weighted by Crippen LogP contribution is 2.24. The highest BCUT2D eigenvalue weighted by molar-refractivity contribution is 9.11. The van der Waals surface area contributed by atoms with Gasteiger partial charge < -0.3 is 4.90 Å². The molecular weight excluding hydrogens is 334 g/mol. The summed E-state index contributed by atoms with van der Waals surface area (Å²) in [4.78, 5) is 14.2. The van der Waals surface area contributed by atoms with Crippen LogP contribution in [0.25, 0.3) is 0 Å². The van der Waals surface area contributed by atoms with E-state index in [4.69, 9.17) is 0 Å². The van der Waals surface area contributed by atoms with Gasteiger partial charge >= 0.3 is 0 Å². The number of hydrogen-bond acceptors (Lipinski definition) is 1. The number of halogens is 2. The first-order chi connectivity index (χ1) is 7.68. The Morgan fingerprint density at radius 3 is 2.44 bits per heavy atom. The van der Waals surface area contributed by atoms with E-state index in [-0.39, 0.29) is 5.91 Å². The number of hydrogen-bond donors (Lipinski definition) is 0. The third kappa shape index (κ3) is 2.66. The van der Waals surface area contributed by atoms with Crippen LogP contribution < -0.4 is 0 Å². The molecule has 0 saturated carbocycles. The summed E-state index contributed by atoms with van der Waals surface area (Å²) in [7, 11) is 0. The second-order valence-electron chi connectivity index (χ2n) is 3.98. The zero-order chi connectivity index (χ0) is 11.5. The summed E-state index contributed by atoms with van der Waals surface area (Å²) < 4.78 is 1.84. The molecule has 1 saturated heterocycles. The van der Waals surface area contributed by atoms with E-state index in [9.17, 15) is 4.79 Å². The summed E-state index contributed by atoms with van der Waals surface area (Å²) in [5.74, 6) is 0.138. The summed E-state index contributed by atoms with van der Waals surface area (Å²) in [6, 6.07) is 5.68. The standard InChI is InChI=1S/C12H13Br2NO/c13-9-4-5-10(11(14)8-9)12(16)15-6-2-1-3-7-15/h4-5,8H,1-3,6-7H2. The van der Waals surface area contributed by atoms with Crippen LogP contribution in [0.4, 0.5) is 0 Å². The fourth-order valence-corrected chi connectivity index (χ4v) is 3.15. The van der Waals surface area contributed by atoms with Crippen LogP contribution in [0.2, 0.25) is 0 Å². The van der Waals surface area contributed by atoms with E-state index in [0.29, 0.717) is 0 Å². The van der Waals surface area contributed by atoms with Crippen LogP contribution in [-0.2, 0) is 0 Å². The van der Waals surface area contributed by atoms with Crippen molar-refractivity contribution < 1.29 is 4.79 Å². The molecule has 2 nitrogen and oxygen atoms in total. The molecule has 0 aromatic heterocycles. The van der Waals surface area contributed by atoms with E-state index >= 15 is 0 Å². The molecule has 0 spiro atoms. The number of rotatable bonds is 1. The molecule has 1 amide bonds. The summed E-state index contributed by atoms with van der Waals surface area (Å²) in [6.07, 6.45) is 3.49. The lowest BCUT2D eigenvalue weighted by Crippen LogP contribution is -2.35. The molecule has 1 aliphatic rings. The quantitative estimate of drug-likeness (QED) is 0.756. The van der Waals surface area contributed by atoms with E-state index in [1.54, 1.807) is 0 Å². The summed E-state index contributed by atoms with van der Waals surface area (Å²) >= 11 is 6.82. The van der Waals surface area contributed by atoms with Crippen LogP contribution >= 0.6 is 31.9 Å². The molecule has 0 N–H and O–H groups in total. The van der Waals surface area contributed by atoms with Gasteiger partial charge in [-0.15, -0.1) is 0 Å². The molecule has 0 bridgehead atoms. The van der Waals surface area contributed by atoms with Gasteiger partial charge in [-0.25, -0.2) is 0 Å². The second kappa shape index (κ2) is 5.32. The van der Waals surface area contributed by atoms with Crippen LogP contribution in [0.3, 0.4) is 0 Å². The van der Waals surface area contributed by atoms with Gasteiger partial charge in [0.1, 0.15) is 0 Å². The van der Waals surface area contributed by atoms with E-state index in [2.05, 4.69) is 31.9 Å². The van der Waals surface area contributed by atoms with Crippen molar-refractivity contribution in [1.82, 2.24) is 4.90 Å². The van der Waals surface area contributed by atoms with Crippen molar-refractivity contribution in [3.8, 4) is 0 Å². The Balaban J connectivity index is 2.19. The number of piperidine rings is 1. The summed E-state index contributed by atoms with van der Waals surface area (Å²) in [5, 5.41) is 0. The first-order valence-electron chi connectivity index (χ1n) is 5.43. The van der Waals surface area contributed by atoms with Crippen LogP contribution in [0, 0.1) is 0 Å². The smallest absolute Gasteiger partial charge is 0.254 e. The fourth-order valence-electron chi connectivity index (χ4n) is 1.93. The van der Waals surface area contributed by atoms with E-state index in [0.717, 1.165) is 40.4 Å². The third-order valence-electron chi connectivity index (χ3n) is 2.80. The lowest BCUT2D eigenvalue weighted by atomic mass is 10.1. The summed E-state index contributed by atoms with van der Waals surface area (Å²) in [5.41, 5.74) is 0.755. The monoisotopic (exact) mass is 345 g/mol. The first kappa shape index (κ1) is 12.1. The molecule has 1 aromatic carbocycles. The Morgan fingerprint density at radius 2 is 1.81 bits per heavy atom. The predicted molar refractivity (Wildman–Crippen MR) is 71.6 cm³/mol. The van der Waals surface area contributed by atoms with Gasteiger partial charge in [0, 0.05) is 22.0 Å². The number of amides is 1. The average molecular weight is 347 g/mol. The van der Waals surface area contributed by atoms with Gasteiger partial charge in [-0.1, -0.05) is 15.9 Å². The number of benzene rings is 1. The molecule has 2 rings (SSSR count). The van der Waals surface area contributed by atoms with Crippen LogP contribution in [0.1, 0.15) is 29.6 Å². The Bertz CT molecular complexity index is 400. The minimum Gasteiger partial charge on any atom is -0.339 e. The van der Waals surface area contributed by atoms with Crippen molar-refractivity contribution in [2.24, 2.45) is 0 Å². The number of likely N-dealkylation sites (tertiary alicyclic amines) is 1. The first-order valence-corrected chi connectivity index (χ1v) is 7.01. The number of nitrogens with zero attached hydrogens (tertiary/aromatic N) is 1. The Labute approximate surface area is 112 Å². The van der Waals surface area contributed by atoms with Crippen LogP contribution in [0.15, 0.2) is 27.1 Å². The van der Waals surface area contributed by atoms with Gasteiger partial charge in [0.25, 0.3) is 5.91 Å². The SMILES string of the molecule is O=C(c1ccc(Br)cc1Br)N1CCCCC1. The van der Waals surface area contributed by atoms with Gasteiger partial charge in [-0.2, -0.15) is 0 Å². The molecule has 0 aliphatic carbocycles. The third-order valence-corrected chi connectivity index (χ3v) is 3.95. The number of carbonyl (C=O) groups excluding carboxylic acids is 1. The normalized spacial score (nSPS) is 16.2. The highest BCUT2D eigenvalue weighted by atomic mass is 79.9. The number of carbonyl (C=O) groups is 1. The topological polar surface area (TPSA) is 20.3 Å². The van der Waals surface area contributed by atoms with Crippen molar-refractivity contribution in [3.63, 3.8) is 0 Å². The molecule has 1 aromatic rings. The van der Waals surface area contributed by atoms with E-state index < -0.39 is 0 Å². The van der Waals surface area contributed by atoms with Gasteiger partial charge in [-0.05, 0) is 53.4 Å². The minimum atomic E-state index is 0.138. The molecule has 86 valence electrons. The average Bonchev–Trinajstić information content (AvgIpc) is 2.29. The molecule has 4 heteroatoms. The fraction of sp³-hybridized carbons (Fsp3) is 0.417. The molecule has 1 fully saturated rings. The van der Waals surface area contributed by atoms with Crippen molar-refractivity contribution >= 4 is 37.8 Å². The van der Waals surface area contributed by atoms with Crippen LogP contribution in [0.5, 0.6) is 0 Å². The Morgan fingerprint density at radius 1 is 1.12 bits per heavy atom. The molecule has 1 aliphatic heterocycles. The van der Waals surface area contributed by atoms with Gasteiger partial charge in [0.15, 0.2) is 0 Å². The van der Waals surface area contributed by atoms with E-state index in [1.165, 1.54) is 6.42 Å². The largest absolute Gasteiger partial charge is 0.339 e. The second-order valence-corrected chi connectivity index (χ2v) is 5.75. The van der Waals surface area contributed by atoms with Crippen molar-refractivity contribution in [3.05, 3.63) is 32.7 Å². The molecule has 0 radical (unpaired) electrons. The zero-order valence-electron chi connectivity index (χ0n) is 8.88. The van der Waals surface area contributed by atoms with Crippen LogP contribution in [-0.4, -0.2) is 23.9 Å². The van der Waals surface area contributed by atoms with Crippen molar-refractivity contribution in [2.45, 2.75) is 19.3 Å². The Hall–Kier alpha value is -0.350. The molecule has 0 atom stereocenters. The van der Waals surface area contributed by atoms with Gasteiger partial charge in [0.05, 0.1) is 5.56 Å².